The van der Waals surface area contributed by atoms with Gasteiger partial charge in [-0.2, -0.15) is 0 Å². The molecule has 0 saturated carbocycles. The van der Waals surface area contributed by atoms with Crippen LogP contribution in [-0.4, -0.2) is 85.2 Å². The van der Waals surface area contributed by atoms with Crippen molar-refractivity contribution in [2.75, 3.05) is 53.2 Å². The molecule has 0 saturated heterocycles. The molecule has 0 aliphatic carbocycles. The van der Waals surface area contributed by atoms with Crippen LogP contribution in [0, 0.1) is 0 Å². The van der Waals surface area contributed by atoms with Crippen molar-refractivity contribution >= 4 is 0 Å². The standard InChI is InChI=1S/C11H26N2O5/c1-12-3-2-4-18-6-10(17)5-13-11(7-14,8-15)9-16/h10,12-17H,2-9H2,1H3. The fraction of sp³-hybridized carbons (Fsp3) is 1.00. The normalized spacial score (nSPS) is 13.8. The number of aliphatic hydroxyl groups excluding tert-OH is 4. The number of rotatable bonds is 12. The van der Waals surface area contributed by atoms with Gasteiger partial charge < -0.3 is 35.8 Å². The number of hydrogen-bond acceptors (Lipinski definition) is 7. The predicted molar refractivity (Wildman–Crippen MR) is 67.4 cm³/mol. The summed E-state index contributed by atoms with van der Waals surface area (Å²) in [5, 5.41) is 42.5. The summed E-state index contributed by atoms with van der Waals surface area (Å²) in [5.74, 6) is 0. The number of β-amino-alcohol motifs (C(OH)–C–C–N with tert-alkyl or cyclic N) is 1. The van der Waals surface area contributed by atoms with E-state index in [2.05, 4.69) is 10.6 Å². The second kappa shape index (κ2) is 10.6. The van der Waals surface area contributed by atoms with Gasteiger partial charge in [0.2, 0.25) is 0 Å². The van der Waals surface area contributed by atoms with Gasteiger partial charge in [0, 0.05) is 13.2 Å². The fourth-order valence-electron chi connectivity index (χ4n) is 1.28. The highest BCUT2D eigenvalue weighted by Gasteiger charge is 2.27. The van der Waals surface area contributed by atoms with Crippen LogP contribution in [0.2, 0.25) is 0 Å². The maximum Gasteiger partial charge on any atom is 0.0897 e. The topological polar surface area (TPSA) is 114 Å². The molecule has 1 atom stereocenters. The van der Waals surface area contributed by atoms with Crippen molar-refractivity contribution in [3.05, 3.63) is 0 Å². The van der Waals surface area contributed by atoms with E-state index < -0.39 is 31.5 Å². The molecule has 0 rings (SSSR count). The molecule has 0 aromatic carbocycles. The Morgan fingerprint density at radius 2 is 1.78 bits per heavy atom. The van der Waals surface area contributed by atoms with E-state index in [9.17, 15) is 5.11 Å². The zero-order valence-electron chi connectivity index (χ0n) is 10.9. The highest BCUT2D eigenvalue weighted by atomic mass is 16.5. The van der Waals surface area contributed by atoms with Crippen molar-refractivity contribution in [1.82, 2.24) is 10.6 Å². The van der Waals surface area contributed by atoms with Gasteiger partial charge in [0.25, 0.3) is 0 Å². The first kappa shape index (κ1) is 17.7. The average Bonchev–Trinajstić information content (AvgIpc) is 2.41. The molecule has 7 nitrogen and oxygen atoms in total. The highest BCUT2D eigenvalue weighted by Crippen LogP contribution is 2.01. The summed E-state index contributed by atoms with van der Waals surface area (Å²) in [5.41, 5.74) is -1.16. The van der Waals surface area contributed by atoms with E-state index in [1.165, 1.54) is 0 Å². The quantitative estimate of drug-likeness (QED) is 0.213. The van der Waals surface area contributed by atoms with Gasteiger partial charge in [-0.25, -0.2) is 0 Å². The average molecular weight is 266 g/mol. The lowest BCUT2D eigenvalue weighted by Crippen LogP contribution is -2.57. The molecule has 110 valence electrons. The van der Waals surface area contributed by atoms with Gasteiger partial charge >= 0.3 is 0 Å². The summed E-state index contributed by atoms with van der Waals surface area (Å²) in [6, 6.07) is 0. The summed E-state index contributed by atoms with van der Waals surface area (Å²) < 4.78 is 5.25. The first-order chi connectivity index (χ1) is 8.64. The molecule has 0 heterocycles. The van der Waals surface area contributed by atoms with Crippen LogP contribution >= 0.6 is 0 Å². The Kier molecular flexibility index (Phi) is 10.5. The van der Waals surface area contributed by atoms with Crippen LogP contribution in [0.4, 0.5) is 0 Å². The first-order valence-electron chi connectivity index (χ1n) is 6.12. The van der Waals surface area contributed by atoms with E-state index in [4.69, 9.17) is 20.1 Å². The predicted octanol–water partition coefficient (Wildman–Crippen LogP) is -2.72. The molecule has 6 N–H and O–H groups in total. The smallest absolute Gasteiger partial charge is 0.0897 e. The van der Waals surface area contributed by atoms with Gasteiger partial charge in [0.15, 0.2) is 0 Å². The van der Waals surface area contributed by atoms with Crippen molar-refractivity contribution < 1.29 is 25.2 Å². The summed E-state index contributed by atoms with van der Waals surface area (Å²) in [6.07, 6.45) is 0.119. The van der Waals surface area contributed by atoms with Gasteiger partial charge in [-0.1, -0.05) is 0 Å². The van der Waals surface area contributed by atoms with Crippen LogP contribution in [0.15, 0.2) is 0 Å². The molecule has 0 bridgehead atoms. The Bertz CT molecular complexity index is 182. The van der Waals surface area contributed by atoms with E-state index in [0.29, 0.717) is 6.61 Å². The second-order valence-electron chi connectivity index (χ2n) is 4.32. The highest BCUT2D eigenvalue weighted by molar-refractivity contribution is 4.86. The van der Waals surface area contributed by atoms with Crippen LogP contribution in [0.25, 0.3) is 0 Å². The SMILES string of the molecule is CNCCCOCC(O)CNC(CO)(CO)CO. The fourth-order valence-corrected chi connectivity index (χ4v) is 1.28. The number of aliphatic hydroxyl groups is 4. The molecule has 1 unspecified atom stereocenters. The Labute approximate surface area is 108 Å². The van der Waals surface area contributed by atoms with Crippen molar-refractivity contribution in [3.63, 3.8) is 0 Å². The van der Waals surface area contributed by atoms with Crippen LogP contribution in [0.5, 0.6) is 0 Å². The third kappa shape index (κ3) is 7.22. The Morgan fingerprint density at radius 3 is 2.28 bits per heavy atom. The Morgan fingerprint density at radius 1 is 1.17 bits per heavy atom. The lowest BCUT2D eigenvalue weighted by atomic mass is 10.0. The van der Waals surface area contributed by atoms with Crippen LogP contribution in [-0.2, 0) is 4.74 Å². The summed E-state index contributed by atoms with van der Waals surface area (Å²) in [6.45, 7) is 0.504. The van der Waals surface area contributed by atoms with E-state index in [0.717, 1.165) is 13.0 Å². The van der Waals surface area contributed by atoms with Crippen molar-refractivity contribution in [1.29, 1.82) is 0 Å². The zero-order valence-corrected chi connectivity index (χ0v) is 10.9. The van der Waals surface area contributed by atoms with Crippen LogP contribution < -0.4 is 10.6 Å². The van der Waals surface area contributed by atoms with Gasteiger partial charge in [-0.05, 0) is 20.0 Å². The van der Waals surface area contributed by atoms with Crippen molar-refractivity contribution in [2.45, 2.75) is 18.1 Å². The minimum absolute atomic E-state index is 0.133. The summed E-state index contributed by atoms with van der Waals surface area (Å²) in [4.78, 5) is 0. The minimum Gasteiger partial charge on any atom is -0.394 e. The van der Waals surface area contributed by atoms with Crippen LogP contribution in [0.1, 0.15) is 6.42 Å². The molecule has 0 aliphatic heterocycles. The molecular weight excluding hydrogens is 240 g/mol. The number of hydrogen-bond donors (Lipinski definition) is 6. The van der Waals surface area contributed by atoms with Crippen molar-refractivity contribution in [2.24, 2.45) is 0 Å². The molecule has 7 heteroatoms. The molecule has 0 aromatic heterocycles. The first-order valence-corrected chi connectivity index (χ1v) is 6.12. The Hall–Kier alpha value is -0.280. The van der Waals surface area contributed by atoms with Gasteiger partial charge in [-0.3, -0.25) is 0 Å². The zero-order chi connectivity index (χ0) is 13.9. The molecule has 0 spiro atoms. The molecule has 18 heavy (non-hydrogen) atoms. The van der Waals surface area contributed by atoms with E-state index >= 15 is 0 Å². The Balaban J connectivity index is 3.71. The molecule has 0 radical (unpaired) electrons. The molecule has 0 fully saturated rings. The largest absolute Gasteiger partial charge is 0.394 e. The van der Waals surface area contributed by atoms with E-state index in [1.54, 1.807) is 0 Å². The number of ether oxygens (including phenoxy) is 1. The van der Waals surface area contributed by atoms with Crippen LogP contribution in [0.3, 0.4) is 0 Å². The molecule has 0 amide bonds. The monoisotopic (exact) mass is 266 g/mol. The van der Waals surface area contributed by atoms with E-state index in [1.807, 2.05) is 7.05 Å². The van der Waals surface area contributed by atoms with Crippen molar-refractivity contribution in [3.8, 4) is 0 Å². The molecule has 0 aromatic rings. The van der Waals surface area contributed by atoms with E-state index in [-0.39, 0.29) is 13.2 Å². The maximum absolute atomic E-state index is 9.61. The van der Waals surface area contributed by atoms with Gasteiger partial charge in [-0.15, -0.1) is 0 Å². The minimum atomic E-state index is -1.16. The van der Waals surface area contributed by atoms with Gasteiger partial charge in [0.05, 0.1) is 38.1 Å². The second-order valence-corrected chi connectivity index (χ2v) is 4.32. The third-order valence-corrected chi connectivity index (χ3v) is 2.65. The lowest BCUT2D eigenvalue weighted by Gasteiger charge is -2.29. The maximum atomic E-state index is 9.61. The lowest BCUT2D eigenvalue weighted by molar-refractivity contribution is 0.00808. The van der Waals surface area contributed by atoms with Gasteiger partial charge in [0.1, 0.15) is 0 Å². The molecular formula is C11H26N2O5. The summed E-state index contributed by atoms with van der Waals surface area (Å²) in [7, 11) is 1.86. The number of nitrogens with one attached hydrogen (secondary N) is 2. The molecule has 0 aliphatic rings. The summed E-state index contributed by atoms with van der Waals surface area (Å²) >= 11 is 0. The third-order valence-electron chi connectivity index (χ3n) is 2.65.